The molecule has 4 N–H and O–H groups in total. The molecule has 2 amide bonds. The van der Waals surface area contributed by atoms with Crippen LogP contribution in [0.3, 0.4) is 0 Å². The summed E-state index contributed by atoms with van der Waals surface area (Å²) in [6, 6.07) is 9.69. The molecule has 19 heavy (non-hydrogen) atoms. The number of anilines is 3. The number of nitrogen functional groups attached to an aromatic ring is 1. The lowest BCUT2D eigenvalue weighted by atomic mass is 10.2. The third kappa shape index (κ3) is 3.59. The smallest absolute Gasteiger partial charge is 0.323 e. The van der Waals surface area contributed by atoms with Gasteiger partial charge in [0.25, 0.3) is 0 Å². The molecular weight excluding hydrogens is 269 g/mol. The highest BCUT2D eigenvalue weighted by molar-refractivity contribution is 6.31. The molecule has 0 radical (unpaired) electrons. The minimum Gasteiger partial charge on any atom is -0.397 e. The molecule has 4 nitrogen and oxygen atoms in total. The lowest BCUT2D eigenvalue weighted by Gasteiger charge is -2.10. The van der Waals surface area contributed by atoms with Crippen LogP contribution in [0, 0.1) is 5.82 Å². The van der Waals surface area contributed by atoms with Crippen molar-refractivity contribution in [1.82, 2.24) is 0 Å². The molecule has 6 heteroatoms. The van der Waals surface area contributed by atoms with Crippen LogP contribution in [0.2, 0.25) is 5.02 Å². The van der Waals surface area contributed by atoms with E-state index in [9.17, 15) is 9.18 Å². The van der Waals surface area contributed by atoms with Gasteiger partial charge in [-0.3, -0.25) is 0 Å². The molecule has 0 heterocycles. The monoisotopic (exact) mass is 279 g/mol. The normalized spacial score (nSPS) is 10.0. The molecule has 2 aromatic carbocycles. The number of carbonyl (C=O) groups excluding carboxylic acids is 1. The van der Waals surface area contributed by atoms with Crippen LogP contribution in [0.25, 0.3) is 0 Å². The van der Waals surface area contributed by atoms with Crippen molar-refractivity contribution in [2.75, 3.05) is 16.4 Å². The fourth-order valence-electron chi connectivity index (χ4n) is 1.45. The molecule has 0 saturated heterocycles. The Morgan fingerprint density at radius 2 is 1.79 bits per heavy atom. The Kier molecular flexibility index (Phi) is 3.87. The zero-order valence-corrected chi connectivity index (χ0v) is 10.5. The average Bonchev–Trinajstić information content (AvgIpc) is 2.37. The molecule has 2 aromatic rings. The fraction of sp³-hybridized carbons (Fsp3) is 0. The summed E-state index contributed by atoms with van der Waals surface area (Å²) in [5.41, 5.74) is 6.98. The van der Waals surface area contributed by atoms with E-state index >= 15 is 0 Å². The zero-order chi connectivity index (χ0) is 13.8. The van der Waals surface area contributed by atoms with Crippen LogP contribution in [0.1, 0.15) is 0 Å². The van der Waals surface area contributed by atoms with Crippen LogP contribution in [0.15, 0.2) is 42.5 Å². The summed E-state index contributed by atoms with van der Waals surface area (Å²) in [5.74, 6) is -0.370. The molecule has 0 unspecified atom stereocenters. The third-order valence-corrected chi connectivity index (χ3v) is 2.60. The van der Waals surface area contributed by atoms with Crippen LogP contribution >= 0.6 is 11.6 Å². The highest BCUT2D eigenvalue weighted by Gasteiger charge is 2.06. The third-order valence-electron chi connectivity index (χ3n) is 2.37. The van der Waals surface area contributed by atoms with E-state index in [1.54, 1.807) is 18.2 Å². The van der Waals surface area contributed by atoms with Gasteiger partial charge in [0, 0.05) is 10.7 Å². The van der Waals surface area contributed by atoms with E-state index in [1.165, 1.54) is 24.3 Å². The first-order chi connectivity index (χ1) is 9.04. The van der Waals surface area contributed by atoms with E-state index in [0.717, 1.165) is 0 Å². The summed E-state index contributed by atoms with van der Waals surface area (Å²) < 4.78 is 12.7. The molecule has 0 spiro atoms. The van der Waals surface area contributed by atoms with Gasteiger partial charge in [0.1, 0.15) is 5.82 Å². The quantitative estimate of drug-likeness (QED) is 0.734. The van der Waals surface area contributed by atoms with Crippen LogP contribution in [0.4, 0.5) is 26.2 Å². The first-order valence-electron chi connectivity index (χ1n) is 5.43. The molecule has 0 aliphatic rings. The Labute approximate surface area is 114 Å². The molecule has 0 bridgehead atoms. The Hall–Kier alpha value is -2.27. The topological polar surface area (TPSA) is 67.1 Å². The van der Waals surface area contributed by atoms with Gasteiger partial charge in [-0.15, -0.1) is 0 Å². The average molecular weight is 280 g/mol. The van der Waals surface area contributed by atoms with E-state index in [1.807, 2.05) is 0 Å². The number of carbonyl (C=O) groups is 1. The van der Waals surface area contributed by atoms with E-state index in [2.05, 4.69) is 10.6 Å². The number of nitrogens with two attached hydrogens (primary N) is 1. The van der Waals surface area contributed by atoms with E-state index in [-0.39, 0.29) is 5.82 Å². The first kappa shape index (κ1) is 13.2. The highest BCUT2D eigenvalue weighted by atomic mass is 35.5. The van der Waals surface area contributed by atoms with Crippen LogP contribution in [-0.2, 0) is 0 Å². The first-order valence-corrected chi connectivity index (χ1v) is 5.81. The summed E-state index contributed by atoms with van der Waals surface area (Å²) in [6.07, 6.45) is 0. The van der Waals surface area contributed by atoms with Crippen molar-refractivity contribution in [1.29, 1.82) is 0 Å². The van der Waals surface area contributed by atoms with E-state index in [0.29, 0.717) is 22.1 Å². The zero-order valence-electron chi connectivity index (χ0n) is 9.78. The summed E-state index contributed by atoms with van der Waals surface area (Å²) in [6.45, 7) is 0. The van der Waals surface area contributed by atoms with Crippen molar-refractivity contribution in [2.45, 2.75) is 0 Å². The number of rotatable bonds is 2. The number of amides is 2. The number of benzene rings is 2. The van der Waals surface area contributed by atoms with E-state index in [4.69, 9.17) is 17.3 Å². The second-order valence-electron chi connectivity index (χ2n) is 3.82. The van der Waals surface area contributed by atoms with Crippen molar-refractivity contribution < 1.29 is 9.18 Å². The summed E-state index contributed by atoms with van der Waals surface area (Å²) in [5, 5.41) is 5.57. The van der Waals surface area contributed by atoms with Gasteiger partial charge in [-0.1, -0.05) is 11.6 Å². The molecule has 0 atom stereocenters. The Balaban J connectivity index is 2.05. The van der Waals surface area contributed by atoms with Crippen molar-refractivity contribution in [3.63, 3.8) is 0 Å². The largest absolute Gasteiger partial charge is 0.397 e. The molecule has 0 saturated carbocycles. The van der Waals surface area contributed by atoms with Gasteiger partial charge in [-0.05, 0) is 42.5 Å². The predicted octanol–water partition coefficient (Wildman–Crippen LogP) is 3.71. The van der Waals surface area contributed by atoms with Crippen molar-refractivity contribution in [2.24, 2.45) is 0 Å². The van der Waals surface area contributed by atoms with Gasteiger partial charge < -0.3 is 16.4 Å². The molecule has 0 fully saturated rings. The fourth-order valence-corrected chi connectivity index (χ4v) is 1.63. The summed E-state index contributed by atoms with van der Waals surface area (Å²) in [4.78, 5) is 11.7. The number of nitrogens with one attached hydrogen (secondary N) is 2. The van der Waals surface area contributed by atoms with Gasteiger partial charge in [0.05, 0.1) is 11.4 Å². The Morgan fingerprint density at radius 1 is 1.11 bits per heavy atom. The maximum absolute atomic E-state index is 12.7. The molecular formula is C13H11ClFN3O. The standard InChI is InChI=1S/C13H11ClFN3O/c14-8-1-6-11(16)12(7-8)18-13(19)17-10-4-2-9(15)3-5-10/h1-7H,16H2,(H2,17,18,19). The molecule has 0 aliphatic carbocycles. The molecule has 2 rings (SSSR count). The van der Waals surface area contributed by atoms with Gasteiger partial charge >= 0.3 is 6.03 Å². The minimum atomic E-state index is -0.486. The lowest BCUT2D eigenvalue weighted by Crippen LogP contribution is -2.20. The van der Waals surface area contributed by atoms with Crippen molar-refractivity contribution >= 4 is 34.7 Å². The summed E-state index contributed by atoms with van der Waals surface area (Å²) >= 11 is 5.81. The number of hydrogen-bond donors (Lipinski definition) is 3. The van der Waals surface area contributed by atoms with Crippen LogP contribution in [0.5, 0.6) is 0 Å². The maximum Gasteiger partial charge on any atom is 0.323 e. The molecule has 0 aliphatic heterocycles. The SMILES string of the molecule is Nc1ccc(Cl)cc1NC(=O)Nc1ccc(F)cc1. The summed E-state index contributed by atoms with van der Waals surface area (Å²) in [7, 11) is 0. The van der Waals surface area contributed by atoms with Crippen molar-refractivity contribution in [3.05, 3.63) is 53.3 Å². The number of hydrogen-bond acceptors (Lipinski definition) is 2. The molecule has 98 valence electrons. The highest BCUT2D eigenvalue weighted by Crippen LogP contribution is 2.23. The Morgan fingerprint density at radius 3 is 2.47 bits per heavy atom. The lowest BCUT2D eigenvalue weighted by molar-refractivity contribution is 0.262. The van der Waals surface area contributed by atoms with Crippen LogP contribution < -0.4 is 16.4 Å². The van der Waals surface area contributed by atoms with Gasteiger partial charge in [0.15, 0.2) is 0 Å². The number of urea groups is 1. The van der Waals surface area contributed by atoms with Gasteiger partial charge in [-0.2, -0.15) is 0 Å². The number of halogens is 2. The second-order valence-corrected chi connectivity index (χ2v) is 4.25. The van der Waals surface area contributed by atoms with E-state index < -0.39 is 6.03 Å². The second kappa shape index (κ2) is 5.58. The predicted molar refractivity (Wildman–Crippen MR) is 74.9 cm³/mol. The van der Waals surface area contributed by atoms with Gasteiger partial charge in [-0.25, -0.2) is 9.18 Å². The minimum absolute atomic E-state index is 0.370. The van der Waals surface area contributed by atoms with Crippen molar-refractivity contribution in [3.8, 4) is 0 Å². The van der Waals surface area contributed by atoms with Gasteiger partial charge in [0.2, 0.25) is 0 Å². The Bertz CT molecular complexity index is 601. The van der Waals surface area contributed by atoms with Crippen LogP contribution in [-0.4, -0.2) is 6.03 Å². The molecule has 0 aromatic heterocycles. The maximum atomic E-state index is 12.7.